The Bertz CT molecular complexity index is 1240. The number of fused-ring (bicyclic) bond motifs is 1. The van der Waals surface area contributed by atoms with E-state index in [1.54, 1.807) is 11.1 Å². The number of amides is 1. The van der Waals surface area contributed by atoms with Gasteiger partial charge in [0.15, 0.2) is 5.65 Å². The fourth-order valence-electron chi connectivity index (χ4n) is 3.90. The van der Waals surface area contributed by atoms with E-state index >= 15 is 0 Å². The predicted octanol–water partition coefficient (Wildman–Crippen LogP) is 4.35. The zero-order valence-corrected chi connectivity index (χ0v) is 18.1. The molecule has 0 radical (unpaired) electrons. The van der Waals surface area contributed by atoms with Crippen molar-refractivity contribution in [3.05, 3.63) is 71.8 Å². The third-order valence-corrected chi connectivity index (χ3v) is 5.72. The lowest BCUT2D eigenvalue weighted by atomic mass is 10.1. The van der Waals surface area contributed by atoms with Crippen molar-refractivity contribution in [1.82, 2.24) is 29.4 Å². The van der Waals surface area contributed by atoms with Gasteiger partial charge in [0.05, 0.1) is 29.0 Å². The first-order valence-electron chi connectivity index (χ1n) is 10.7. The molecule has 0 N–H and O–H groups in total. The minimum atomic E-state index is -0.0231. The van der Waals surface area contributed by atoms with Crippen LogP contribution in [0.4, 0.5) is 0 Å². The van der Waals surface area contributed by atoms with Crippen LogP contribution in [0.15, 0.2) is 55.0 Å². The van der Waals surface area contributed by atoms with Crippen molar-refractivity contribution in [2.75, 3.05) is 7.05 Å². The van der Waals surface area contributed by atoms with E-state index in [4.69, 9.17) is 4.98 Å². The van der Waals surface area contributed by atoms with Crippen molar-refractivity contribution in [1.29, 1.82) is 0 Å². The number of carbonyl (C=O) groups is 1. The maximum absolute atomic E-state index is 13.4. The summed E-state index contributed by atoms with van der Waals surface area (Å²) in [5.74, 6) is 0.436. The molecule has 1 amide bonds. The molecule has 3 heterocycles. The first kappa shape index (κ1) is 19.5. The molecule has 0 aliphatic heterocycles. The number of nitrogens with zero attached hydrogens (tertiary/aromatic N) is 6. The van der Waals surface area contributed by atoms with Gasteiger partial charge in [0.1, 0.15) is 0 Å². The van der Waals surface area contributed by atoms with Gasteiger partial charge in [-0.15, -0.1) is 0 Å². The molecule has 7 nitrogen and oxygen atoms in total. The van der Waals surface area contributed by atoms with E-state index in [1.165, 1.54) is 0 Å². The van der Waals surface area contributed by atoms with E-state index in [9.17, 15) is 4.79 Å². The molecule has 7 heteroatoms. The van der Waals surface area contributed by atoms with Crippen molar-refractivity contribution in [3.8, 4) is 5.69 Å². The lowest BCUT2D eigenvalue weighted by Gasteiger charge is -2.17. The number of benzene rings is 1. The largest absolute Gasteiger partial charge is 0.337 e. The molecule has 0 atom stereocenters. The van der Waals surface area contributed by atoms with Gasteiger partial charge in [-0.05, 0) is 44.9 Å². The molecule has 3 aromatic heterocycles. The molecule has 1 saturated carbocycles. The Morgan fingerprint density at radius 3 is 2.65 bits per heavy atom. The standard InChI is InChI=1S/C24H26N6O/c1-16(2)30-23-21(13-26-30)20(11-22(27-23)18-9-10-18)24(31)28(3)14-17-12-25-29(15-17)19-7-5-4-6-8-19/h4-8,11-13,15-16,18H,9-10,14H2,1-3H3. The van der Waals surface area contributed by atoms with Gasteiger partial charge in [-0.1, -0.05) is 18.2 Å². The van der Waals surface area contributed by atoms with Crippen LogP contribution in [0.3, 0.4) is 0 Å². The molecular weight excluding hydrogens is 388 g/mol. The quantitative estimate of drug-likeness (QED) is 0.470. The van der Waals surface area contributed by atoms with Gasteiger partial charge in [-0.3, -0.25) is 4.79 Å². The Labute approximate surface area is 181 Å². The fourth-order valence-corrected chi connectivity index (χ4v) is 3.90. The van der Waals surface area contributed by atoms with Crippen LogP contribution in [0.2, 0.25) is 0 Å². The third-order valence-electron chi connectivity index (χ3n) is 5.72. The van der Waals surface area contributed by atoms with Crippen molar-refractivity contribution in [2.45, 2.75) is 45.2 Å². The lowest BCUT2D eigenvalue weighted by molar-refractivity contribution is 0.0787. The van der Waals surface area contributed by atoms with Gasteiger partial charge < -0.3 is 4.90 Å². The summed E-state index contributed by atoms with van der Waals surface area (Å²) >= 11 is 0. The van der Waals surface area contributed by atoms with Gasteiger partial charge in [0.2, 0.25) is 0 Å². The number of hydrogen-bond donors (Lipinski definition) is 0. The molecule has 0 unspecified atom stereocenters. The van der Waals surface area contributed by atoms with Crippen molar-refractivity contribution >= 4 is 16.9 Å². The molecule has 1 aromatic carbocycles. The monoisotopic (exact) mass is 414 g/mol. The van der Waals surface area contributed by atoms with Crippen LogP contribution in [0, 0.1) is 0 Å². The lowest BCUT2D eigenvalue weighted by Crippen LogP contribution is -2.26. The second-order valence-corrected chi connectivity index (χ2v) is 8.58. The van der Waals surface area contributed by atoms with Crippen LogP contribution < -0.4 is 0 Å². The summed E-state index contributed by atoms with van der Waals surface area (Å²) in [6, 6.07) is 12.1. The maximum Gasteiger partial charge on any atom is 0.254 e. The van der Waals surface area contributed by atoms with Gasteiger partial charge in [0, 0.05) is 43.0 Å². The summed E-state index contributed by atoms with van der Waals surface area (Å²) in [6.45, 7) is 4.64. The Hall–Kier alpha value is -3.48. The topological polar surface area (TPSA) is 68.8 Å². The molecule has 0 saturated heterocycles. The highest BCUT2D eigenvalue weighted by molar-refractivity contribution is 6.05. The zero-order chi connectivity index (χ0) is 21.5. The number of para-hydroxylation sites is 1. The number of hydrogen-bond acceptors (Lipinski definition) is 4. The van der Waals surface area contributed by atoms with Gasteiger partial charge in [0.25, 0.3) is 5.91 Å². The molecule has 158 valence electrons. The van der Waals surface area contributed by atoms with Gasteiger partial charge in [-0.25, -0.2) is 14.3 Å². The average molecular weight is 415 g/mol. The Morgan fingerprint density at radius 2 is 1.94 bits per heavy atom. The second-order valence-electron chi connectivity index (χ2n) is 8.58. The van der Waals surface area contributed by atoms with Crippen LogP contribution >= 0.6 is 0 Å². The first-order chi connectivity index (χ1) is 15.0. The molecule has 1 aliphatic rings. The van der Waals surface area contributed by atoms with Crippen molar-refractivity contribution < 1.29 is 4.79 Å². The normalized spacial score (nSPS) is 13.8. The fraction of sp³-hybridized carbons (Fsp3) is 0.333. The van der Waals surface area contributed by atoms with Crippen LogP contribution in [-0.4, -0.2) is 42.4 Å². The molecule has 1 aliphatic carbocycles. The minimum Gasteiger partial charge on any atom is -0.337 e. The maximum atomic E-state index is 13.4. The summed E-state index contributed by atoms with van der Waals surface area (Å²) in [5.41, 5.74) is 4.45. The molecule has 4 aromatic rings. The number of rotatable bonds is 6. The molecular formula is C24H26N6O. The van der Waals surface area contributed by atoms with E-state index in [2.05, 4.69) is 24.0 Å². The summed E-state index contributed by atoms with van der Waals surface area (Å²) in [5, 5.41) is 9.77. The summed E-state index contributed by atoms with van der Waals surface area (Å²) in [4.78, 5) is 20.0. The molecule has 0 spiro atoms. The molecule has 1 fully saturated rings. The molecule has 31 heavy (non-hydrogen) atoms. The number of carbonyl (C=O) groups excluding carboxylic acids is 1. The summed E-state index contributed by atoms with van der Waals surface area (Å²) in [7, 11) is 1.83. The highest BCUT2D eigenvalue weighted by Gasteiger charge is 2.29. The Kier molecular flexibility index (Phi) is 4.81. The van der Waals surface area contributed by atoms with E-state index in [1.807, 2.05) is 65.2 Å². The smallest absolute Gasteiger partial charge is 0.254 e. The third kappa shape index (κ3) is 3.71. The van der Waals surface area contributed by atoms with E-state index < -0.39 is 0 Å². The Balaban J connectivity index is 1.44. The zero-order valence-electron chi connectivity index (χ0n) is 18.1. The highest BCUT2D eigenvalue weighted by Crippen LogP contribution is 2.40. The molecule has 5 rings (SSSR count). The number of aromatic nitrogens is 5. The summed E-state index contributed by atoms with van der Waals surface area (Å²) in [6.07, 6.45) is 7.82. The Morgan fingerprint density at radius 1 is 1.16 bits per heavy atom. The van der Waals surface area contributed by atoms with E-state index in [0.717, 1.165) is 40.8 Å². The summed E-state index contributed by atoms with van der Waals surface area (Å²) < 4.78 is 3.73. The van der Waals surface area contributed by atoms with Gasteiger partial charge in [-0.2, -0.15) is 10.2 Å². The van der Waals surface area contributed by atoms with E-state index in [-0.39, 0.29) is 11.9 Å². The predicted molar refractivity (Wildman–Crippen MR) is 119 cm³/mol. The second kappa shape index (κ2) is 7.65. The van der Waals surface area contributed by atoms with Crippen LogP contribution in [-0.2, 0) is 6.54 Å². The molecule has 0 bridgehead atoms. The van der Waals surface area contributed by atoms with Crippen LogP contribution in [0.25, 0.3) is 16.7 Å². The SMILES string of the molecule is CC(C)n1ncc2c(C(=O)N(C)Cc3cnn(-c4ccccc4)c3)cc(C3CC3)nc21. The van der Waals surface area contributed by atoms with Crippen LogP contribution in [0.1, 0.15) is 60.3 Å². The first-order valence-corrected chi connectivity index (χ1v) is 10.7. The highest BCUT2D eigenvalue weighted by atomic mass is 16.2. The number of pyridine rings is 1. The minimum absolute atomic E-state index is 0.0231. The van der Waals surface area contributed by atoms with Crippen molar-refractivity contribution in [3.63, 3.8) is 0 Å². The van der Waals surface area contributed by atoms with Crippen LogP contribution in [0.5, 0.6) is 0 Å². The van der Waals surface area contributed by atoms with Gasteiger partial charge >= 0.3 is 0 Å². The average Bonchev–Trinajstić information content (AvgIpc) is 3.37. The van der Waals surface area contributed by atoms with Crippen molar-refractivity contribution in [2.24, 2.45) is 0 Å². The van der Waals surface area contributed by atoms with E-state index in [0.29, 0.717) is 18.0 Å².